The molecule has 0 spiro atoms. The maximum atomic E-state index is 10.9. The minimum absolute atomic E-state index is 0.127. The highest BCUT2D eigenvalue weighted by molar-refractivity contribution is 7.98. The zero-order chi connectivity index (χ0) is 22.8. The van der Waals surface area contributed by atoms with Crippen LogP contribution < -0.4 is 0 Å². The van der Waals surface area contributed by atoms with Crippen LogP contribution in [0.1, 0.15) is 16.9 Å². The zero-order valence-corrected chi connectivity index (χ0v) is 19.8. The van der Waals surface area contributed by atoms with E-state index >= 15 is 0 Å². The average Bonchev–Trinajstić information content (AvgIpc) is 3.57. The van der Waals surface area contributed by atoms with Crippen LogP contribution in [-0.4, -0.2) is 15.0 Å². The van der Waals surface area contributed by atoms with E-state index in [1.165, 1.54) is 11.3 Å². The number of carboxylic acid groups (broad SMARTS) is 1. The number of fused-ring (bicyclic) bond motifs is 1. The number of carboxylic acids is 1. The molecule has 0 unspecified atom stereocenters. The van der Waals surface area contributed by atoms with Crippen LogP contribution in [0, 0.1) is 11.3 Å². The van der Waals surface area contributed by atoms with Crippen LogP contribution >= 0.6 is 34.6 Å². The fourth-order valence-corrected chi connectivity index (χ4v) is 6.40. The first-order valence-corrected chi connectivity index (χ1v) is 12.8. The van der Waals surface area contributed by atoms with Gasteiger partial charge in [-0.1, -0.05) is 36.4 Å². The van der Waals surface area contributed by atoms with Crippen LogP contribution in [0.25, 0.3) is 32.6 Å². The largest absolute Gasteiger partial charge is 0.481 e. The van der Waals surface area contributed by atoms with Crippen molar-refractivity contribution in [2.24, 2.45) is 0 Å². The average molecular weight is 487 g/mol. The van der Waals surface area contributed by atoms with Gasteiger partial charge in [0.2, 0.25) is 0 Å². The second kappa shape index (κ2) is 9.28. The van der Waals surface area contributed by atoms with E-state index in [0.717, 1.165) is 43.1 Å². The van der Waals surface area contributed by atoms with Gasteiger partial charge < -0.3 is 5.11 Å². The lowest BCUT2D eigenvalue weighted by Crippen LogP contribution is -1.97. The predicted octanol–water partition coefficient (Wildman–Crippen LogP) is 7.54. The third-order valence-corrected chi connectivity index (χ3v) is 8.11. The number of para-hydroxylation sites is 1. The Morgan fingerprint density at radius 3 is 2.55 bits per heavy atom. The lowest BCUT2D eigenvalue weighted by molar-refractivity contribution is -0.136. The van der Waals surface area contributed by atoms with Crippen molar-refractivity contribution in [3.05, 3.63) is 87.9 Å². The van der Waals surface area contributed by atoms with Crippen molar-refractivity contribution < 1.29 is 9.90 Å². The van der Waals surface area contributed by atoms with Gasteiger partial charge in [0.1, 0.15) is 10.9 Å². The molecule has 0 aliphatic rings. The SMILES string of the molecule is N#Cc1sccc1-c1c(-c2cccs2)n(Sc2ccc(CCC(=O)O)cc2)c2ccccc12. The van der Waals surface area contributed by atoms with Crippen molar-refractivity contribution >= 4 is 51.5 Å². The molecule has 162 valence electrons. The number of aromatic nitrogens is 1. The van der Waals surface area contributed by atoms with Crippen LogP contribution in [0.5, 0.6) is 0 Å². The summed E-state index contributed by atoms with van der Waals surface area (Å²) in [6, 6.07) is 24.9. The van der Waals surface area contributed by atoms with Crippen LogP contribution in [0.15, 0.2) is 82.4 Å². The summed E-state index contributed by atoms with van der Waals surface area (Å²) < 4.78 is 2.25. The van der Waals surface area contributed by atoms with Gasteiger partial charge >= 0.3 is 5.97 Å². The van der Waals surface area contributed by atoms with E-state index < -0.39 is 5.97 Å². The highest BCUT2D eigenvalue weighted by Crippen LogP contribution is 2.47. The second-order valence-corrected chi connectivity index (χ2v) is 10.3. The summed E-state index contributed by atoms with van der Waals surface area (Å²) in [5.74, 6) is -0.787. The van der Waals surface area contributed by atoms with Crippen molar-refractivity contribution in [2.75, 3.05) is 0 Å². The summed E-state index contributed by atoms with van der Waals surface area (Å²) in [5, 5.41) is 23.8. The van der Waals surface area contributed by atoms with E-state index in [-0.39, 0.29) is 6.42 Å². The molecule has 7 heteroatoms. The minimum atomic E-state index is -0.787. The lowest BCUT2D eigenvalue weighted by atomic mass is 10.0. The summed E-state index contributed by atoms with van der Waals surface area (Å²) in [4.78, 5) is 13.8. The van der Waals surface area contributed by atoms with Gasteiger partial charge in [0, 0.05) is 27.8 Å². The Hall–Kier alpha value is -3.31. The predicted molar refractivity (Wildman–Crippen MR) is 137 cm³/mol. The highest BCUT2D eigenvalue weighted by Gasteiger charge is 2.23. The van der Waals surface area contributed by atoms with Crippen molar-refractivity contribution in [3.8, 4) is 27.8 Å². The number of thiophene rings is 2. The normalized spacial score (nSPS) is 11.0. The third-order valence-electron chi connectivity index (χ3n) is 5.37. The maximum absolute atomic E-state index is 10.9. The first-order chi connectivity index (χ1) is 16.2. The van der Waals surface area contributed by atoms with Crippen molar-refractivity contribution in [1.82, 2.24) is 3.97 Å². The Balaban J connectivity index is 1.66. The third kappa shape index (κ3) is 4.21. The fourth-order valence-electron chi connectivity index (χ4n) is 3.88. The molecule has 0 atom stereocenters. The first kappa shape index (κ1) is 21.5. The zero-order valence-electron chi connectivity index (χ0n) is 17.4. The summed E-state index contributed by atoms with van der Waals surface area (Å²) >= 11 is 4.78. The molecule has 0 fully saturated rings. The lowest BCUT2D eigenvalue weighted by Gasteiger charge is -2.11. The van der Waals surface area contributed by atoms with Gasteiger partial charge in [-0.3, -0.25) is 8.77 Å². The van der Waals surface area contributed by atoms with Gasteiger partial charge in [-0.2, -0.15) is 5.26 Å². The van der Waals surface area contributed by atoms with Crippen LogP contribution in [-0.2, 0) is 11.2 Å². The summed E-state index contributed by atoms with van der Waals surface area (Å²) in [6.45, 7) is 0. The molecule has 1 N–H and O–H groups in total. The Morgan fingerprint density at radius 1 is 1.00 bits per heavy atom. The molecule has 0 radical (unpaired) electrons. The number of benzene rings is 2. The molecule has 0 aliphatic heterocycles. The molecule has 5 aromatic rings. The first-order valence-electron chi connectivity index (χ1n) is 10.3. The molecule has 4 nitrogen and oxygen atoms in total. The van der Waals surface area contributed by atoms with Crippen molar-refractivity contribution in [1.29, 1.82) is 5.26 Å². The van der Waals surface area contributed by atoms with E-state index in [0.29, 0.717) is 11.3 Å². The van der Waals surface area contributed by atoms with Gasteiger partial charge in [0.15, 0.2) is 0 Å². The Kier molecular flexibility index (Phi) is 6.05. The molecule has 0 amide bonds. The topological polar surface area (TPSA) is 66.0 Å². The molecule has 5 rings (SSSR count). The molecular weight excluding hydrogens is 468 g/mol. The summed E-state index contributed by atoms with van der Waals surface area (Å²) in [5.41, 5.74) is 5.23. The Bertz CT molecular complexity index is 1470. The number of carbonyl (C=O) groups is 1. The number of hydrogen-bond acceptors (Lipinski definition) is 5. The van der Waals surface area contributed by atoms with E-state index in [4.69, 9.17) is 5.11 Å². The second-order valence-electron chi connectivity index (χ2n) is 7.42. The molecule has 0 saturated carbocycles. The molecule has 33 heavy (non-hydrogen) atoms. The Labute approximate surface area is 203 Å². The van der Waals surface area contributed by atoms with Gasteiger partial charge in [-0.25, -0.2) is 0 Å². The van der Waals surface area contributed by atoms with Gasteiger partial charge in [0.25, 0.3) is 0 Å². The van der Waals surface area contributed by atoms with Crippen molar-refractivity contribution in [2.45, 2.75) is 17.7 Å². The van der Waals surface area contributed by atoms with E-state index in [1.54, 1.807) is 23.3 Å². The number of aryl methyl sites for hydroxylation is 1. The molecule has 0 saturated heterocycles. The van der Waals surface area contributed by atoms with Gasteiger partial charge in [-0.05, 0) is 65.0 Å². The fraction of sp³-hybridized carbons (Fsp3) is 0.0769. The maximum Gasteiger partial charge on any atom is 0.303 e. The van der Waals surface area contributed by atoms with E-state index in [9.17, 15) is 10.1 Å². The molecule has 0 bridgehead atoms. The molecule has 3 heterocycles. The number of hydrogen-bond donors (Lipinski definition) is 1. The monoisotopic (exact) mass is 486 g/mol. The summed E-state index contributed by atoms with van der Waals surface area (Å²) in [6.07, 6.45) is 0.648. The van der Waals surface area contributed by atoms with Crippen molar-refractivity contribution in [3.63, 3.8) is 0 Å². The number of aliphatic carboxylic acids is 1. The van der Waals surface area contributed by atoms with Crippen LogP contribution in [0.4, 0.5) is 0 Å². The Morgan fingerprint density at radius 2 is 1.82 bits per heavy atom. The van der Waals surface area contributed by atoms with Gasteiger partial charge in [-0.15, -0.1) is 22.7 Å². The highest BCUT2D eigenvalue weighted by atomic mass is 32.2. The standard InChI is InChI=1S/C26H18N2O2S3/c27-16-23-20(13-15-32-23)25-19-4-1-2-5-21(19)28(26(25)22-6-3-14-31-22)33-18-10-7-17(8-11-18)9-12-24(29)30/h1-8,10-11,13-15H,9,12H2,(H,29,30). The molecular formula is C26H18N2O2S3. The number of nitriles is 1. The molecule has 3 aromatic heterocycles. The quantitative estimate of drug-likeness (QED) is 0.258. The van der Waals surface area contributed by atoms with Crippen LogP contribution in [0.2, 0.25) is 0 Å². The smallest absolute Gasteiger partial charge is 0.303 e. The molecule has 2 aromatic carbocycles. The summed E-state index contributed by atoms with van der Waals surface area (Å²) in [7, 11) is 0. The molecule has 0 aliphatic carbocycles. The van der Waals surface area contributed by atoms with Gasteiger partial charge in [0.05, 0.1) is 16.1 Å². The number of rotatable bonds is 7. The van der Waals surface area contributed by atoms with Crippen LogP contribution in [0.3, 0.4) is 0 Å². The number of nitrogens with zero attached hydrogens (tertiary/aromatic N) is 2. The van der Waals surface area contributed by atoms with E-state index in [2.05, 4.69) is 33.6 Å². The minimum Gasteiger partial charge on any atom is -0.481 e. The van der Waals surface area contributed by atoms with E-state index in [1.807, 2.05) is 53.9 Å².